The Morgan fingerprint density at radius 1 is 0.607 bits per heavy atom. The lowest BCUT2D eigenvalue weighted by atomic mass is 10.1. The standard InChI is InChI=1S/C35H34F2N6O11S2/c36-25-27(53-34(47)49-15-19-7-3-1-4-8-19)21(55-29(25)42-13-11-23(38)40-31(42)44)17-51-33(46)52-18-22-28(54-35(48)50-16-20-9-5-2-6-10-20)26(37)30(56-22)43-14-12-24(39)41-32(43)45/h1-14,21-22,25-30H,15-18H2,(H2,38,40,44)(H2,39,41,45)/t21-,22-,25+,26+,27-,28-,29?,30?/m1/s1. The van der Waals surface area contributed by atoms with E-state index in [0.717, 1.165) is 32.7 Å². The average molecular weight is 817 g/mol. The molecule has 2 saturated heterocycles. The van der Waals surface area contributed by atoms with Gasteiger partial charge in [0.15, 0.2) is 24.6 Å². The first-order valence-electron chi connectivity index (χ1n) is 16.8. The Labute approximate surface area is 324 Å². The number of carbonyl (C=O) groups is 3. The SMILES string of the molecule is Nc1ccn(C2S[C@H](COC(=O)OC[C@H]3SC(n4ccc(N)nc4=O)[C@@H](F)[C@@H]3OC(=O)OCc3ccccc3)[C@@H](OC(=O)OCc3ccccc3)[C@@H]2F)c(=O)n1. The van der Waals surface area contributed by atoms with Gasteiger partial charge in [-0.1, -0.05) is 60.7 Å². The minimum absolute atomic E-state index is 0.0932. The minimum atomic E-state index is -2.00. The number of hydrogen-bond donors (Lipinski definition) is 2. The van der Waals surface area contributed by atoms with Crippen LogP contribution in [0.3, 0.4) is 0 Å². The van der Waals surface area contributed by atoms with E-state index in [-0.39, 0.29) is 24.8 Å². The fraction of sp³-hybridized carbons (Fsp3) is 0.343. The summed E-state index contributed by atoms with van der Waals surface area (Å²) in [4.78, 5) is 70.6. The molecule has 0 saturated carbocycles. The van der Waals surface area contributed by atoms with Gasteiger partial charge in [-0.05, 0) is 23.3 Å². The lowest BCUT2D eigenvalue weighted by molar-refractivity contribution is -0.0233. The molecule has 2 aromatic heterocycles. The van der Waals surface area contributed by atoms with Crippen LogP contribution in [0.15, 0.2) is 94.8 Å². The van der Waals surface area contributed by atoms with Crippen molar-refractivity contribution in [2.75, 3.05) is 24.7 Å². The summed E-state index contributed by atoms with van der Waals surface area (Å²) in [6.45, 7) is -1.52. The number of halogens is 2. The molecule has 0 aliphatic carbocycles. The van der Waals surface area contributed by atoms with Crippen LogP contribution in [0.25, 0.3) is 0 Å². The van der Waals surface area contributed by atoms with E-state index in [4.69, 9.17) is 39.9 Å². The van der Waals surface area contributed by atoms with Crippen LogP contribution < -0.4 is 22.8 Å². The third-order valence-electron chi connectivity index (χ3n) is 8.38. The molecule has 8 atom stereocenters. The van der Waals surface area contributed by atoms with E-state index in [1.165, 1.54) is 24.5 Å². The number of hydrogen-bond acceptors (Lipinski definition) is 17. The van der Waals surface area contributed by atoms with Gasteiger partial charge >= 0.3 is 29.8 Å². The topological polar surface area (TPSA) is 228 Å². The van der Waals surface area contributed by atoms with Crippen LogP contribution in [-0.2, 0) is 41.6 Å². The molecule has 17 nitrogen and oxygen atoms in total. The molecule has 0 amide bonds. The van der Waals surface area contributed by atoms with E-state index in [1.807, 2.05) is 0 Å². The second kappa shape index (κ2) is 18.2. The smallest absolute Gasteiger partial charge is 0.433 e. The summed E-state index contributed by atoms with van der Waals surface area (Å²) in [6, 6.07) is 19.9. The first-order valence-corrected chi connectivity index (χ1v) is 18.7. The molecule has 0 spiro atoms. The zero-order valence-electron chi connectivity index (χ0n) is 29.0. The second-order valence-electron chi connectivity index (χ2n) is 12.2. The van der Waals surface area contributed by atoms with Crippen LogP contribution in [0.2, 0.25) is 0 Å². The van der Waals surface area contributed by atoms with E-state index >= 15 is 8.78 Å². The molecular formula is C35H34F2N6O11S2. The van der Waals surface area contributed by atoms with Gasteiger partial charge in [0.25, 0.3) is 0 Å². The van der Waals surface area contributed by atoms with Gasteiger partial charge in [-0.3, -0.25) is 9.13 Å². The quantitative estimate of drug-likeness (QED) is 0.151. The number of rotatable bonds is 12. The monoisotopic (exact) mass is 816 g/mol. The minimum Gasteiger partial charge on any atom is -0.433 e. The number of nitrogens with zero attached hydrogens (tertiary/aromatic N) is 4. The van der Waals surface area contributed by atoms with Gasteiger partial charge in [0.2, 0.25) is 0 Å². The van der Waals surface area contributed by atoms with E-state index in [1.54, 1.807) is 60.7 Å². The number of thioether (sulfide) groups is 2. The van der Waals surface area contributed by atoms with Crippen LogP contribution in [0, 0.1) is 0 Å². The van der Waals surface area contributed by atoms with E-state index in [9.17, 15) is 24.0 Å². The molecule has 4 heterocycles. The lowest BCUT2D eigenvalue weighted by Gasteiger charge is -2.21. The Morgan fingerprint density at radius 3 is 1.38 bits per heavy atom. The number of nitrogens with two attached hydrogens (primary N) is 2. The van der Waals surface area contributed by atoms with Crippen molar-refractivity contribution in [1.82, 2.24) is 19.1 Å². The summed E-state index contributed by atoms with van der Waals surface area (Å²) in [5.74, 6) is -0.186. The highest BCUT2D eigenvalue weighted by molar-refractivity contribution is 8.00. The van der Waals surface area contributed by atoms with Crippen molar-refractivity contribution >= 4 is 53.6 Å². The second-order valence-corrected chi connectivity index (χ2v) is 14.9. The van der Waals surface area contributed by atoms with Crippen LogP contribution in [0.1, 0.15) is 21.9 Å². The number of benzene rings is 2. The van der Waals surface area contributed by atoms with Gasteiger partial charge in [0, 0.05) is 12.4 Å². The third kappa shape index (κ3) is 9.88. The summed E-state index contributed by atoms with van der Waals surface area (Å²) in [6.07, 6.45) is -8.42. The number of nitrogen functional groups attached to an aromatic ring is 2. The highest BCUT2D eigenvalue weighted by Gasteiger charge is 2.51. The Kier molecular flexibility index (Phi) is 13.0. The van der Waals surface area contributed by atoms with Crippen molar-refractivity contribution in [3.63, 3.8) is 0 Å². The third-order valence-corrected chi connectivity index (χ3v) is 11.4. The fourth-order valence-electron chi connectivity index (χ4n) is 5.69. The lowest BCUT2D eigenvalue weighted by Crippen LogP contribution is -2.38. The predicted octanol–water partition coefficient (Wildman–Crippen LogP) is 4.17. The van der Waals surface area contributed by atoms with Crippen molar-refractivity contribution in [3.8, 4) is 0 Å². The summed E-state index contributed by atoms with van der Waals surface area (Å²) in [5, 5.41) is -4.72. The van der Waals surface area contributed by atoms with Gasteiger partial charge in [0.05, 0.1) is 10.5 Å². The summed E-state index contributed by atoms with van der Waals surface area (Å²) in [5.41, 5.74) is 10.7. The molecule has 2 unspecified atom stereocenters. The van der Waals surface area contributed by atoms with E-state index in [0.29, 0.717) is 11.1 Å². The van der Waals surface area contributed by atoms with Gasteiger partial charge < -0.3 is 39.9 Å². The van der Waals surface area contributed by atoms with Gasteiger partial charge in [-0.25, -0.2) is 32.8 Å². The first-order chi connectivity index (χ1) is 27.0. The predicted molar refractivity (Wildman–Crippen MR) is 197 cm³/mol. The number of carbonyl (C=O) groups excluding carboxylic acids is 3. The Bertz CT molecular complexity index is 1970. The van der Waals surface area contributed by atoms with Crippen molar-refractivity contribution < 1.29 is 51.6 Å². The summed E-state index contributed by atoms with van der Waals surface area (Å²) in [7, 11) is 0. The molecule has 4 aromatic rings. The molecule has 2 aliphatic rings. The maximum absolute atomic E-state index is 16.0. The summed E-state index contributed by atoms with van der Waals surface area (Å²) >= 11 is 1.64. The molecule has 21 heteroatoms. The van der Waals surface area contributed by atoms with Crippen molar-refractivity contribution in [2.24, 2.45) is 0 Å². The van der Waals surface area contributed by atoms with E-state index in [2.05, 4.69) is 9.97 Å². The van der Waals surface area contributed by atoms with Gasteiger partial charge in [-0.2, -0.15) is 9.97 Å². The number of ether oxygens (including phenoxy) is 6. The Morgan fingerprint density at radius 2 is 1.00 bits per heavy atom. The molecule has 2 aromatic carbocycles. The Hall–Kier alpha value is -5.83. The van der Waals surface area contributed by atoms with Crippen molar-refractivity contribution in [3.05, 3.63) is 117 Å². The number of alkyl halides is 2. The zero-order chi connectivity index (χ0) is 39.8. The van der Waals surface area contributed by atoms with Crippen LogP contribution in [0.5, 0.6) is 0 Å². The van der Waals surface area contributed by atoms with Crippen LogP contribution >= 0.6 is 23.5 Å². The molecule has 2 fully saturated rings. The highest BCUT2D eigenvalue weighted by atomic mass is 32.2. The first kappa shape index (κ1) is 39.9. The van der Waals surface area contributed by atoms with Gasteiger partial charge in [0.1, 0.15) is 48.8 Å². The molecule has 56 heavy (non-hydrogen) atoms. The normalized spacial score (nSPS) is 24.2. The van der Waals surface area contributed by atoms with Crippen molar-refractivity contribution in [2.45, 2.75) is 59.0 Å². The molecule has 0 radical (unpaired) electrons. The average Bonchev–Trinajstić information content (AvgIpc) is 3.65. The zero-order valence-corrected chi connectivity index (χ0v) is 30.7. The largest absolute Gasteiger partial charge is 0.509 e. The molecule has 296 valence electrons. The Balaban J connectivity index is 1.11. The van der Waals surface area contributed by atoms with E-state index < -0.39 is 88.9 Å². The molecule has 6 rings (SSSR count). The number of aromatic nitrogens is 4. The van der Waals surface area contributed by atoms with Crippen molar-refractivity contribution in [1.29, 1.82) is 0 Å². The fourth-order valence-corrected chi connectivity index (χ4v) is 8.61. The van der Waals surface area contributed by atoms with Crippen LogP contribution in [0.4, 0.5) is 34.8 Å². The maximum atomic E-state index is 16.0. The molecule has 2 aliphatic heterocycles. The van der Waals surface area contributed by atoms with Gasteiger partial charge in [-0.15, -0.1) is 23.5 Å². The molecular weight excluding hydrogens is 783 g/mol. The highest BCUT2D eigenvalue weighted by Crippen LogP contribution is 2.46. The number of anilines is 2. The maximum Gasteiger partial charge on any atom is 0.509 e. The molecule has 4 N–H and O–H groups in total. The molecule has 0 bridgehead atoms. The van der Waals surface area contributed by atoms with Crippen LogP contribution in [-0.4, -0.2) is 85.8 Å². The summed E-state index contributed by atoms with van der Waals surface area (Å²) < 4.78 is 65.3.